The van der Waals surface area contributed by atoms with E-state index in [1.807, 2.05) is 0 Å². The third-order valence-electron chi connectivity index (χ3n) is 2.92. The van der Waals surface area contributed by atoms with E-state index in [2.05, 4.69) is 5.32 Å². The highest BCUT2D eigenvalue weighted by atomic mass is 32.2. The first-order valence-electron chi connectivity index (χ1n) is 5.79. The van der Waals surface area contributed by atoms with Gasteiger partial charge in [0.05, 0.1) is 0 Å². The van der Waals surface area contributed by atoms with Gasteiger partial charge in [0.1, 0.15) is 4.90 Å². The Morgan fingerprint density at radius 3 is 2.53 bits per heavy atom. The topological polar surface area (TPSA) is 49.4 Å². The second-order valence-corrected chi connectivity index (χ2v) is 6.09. The van der Waals surface area contributed by atoms with Crippen LogP contribution in [0.15, 0.2) is 17.0 Å². The summed E-state index contributed by atoms with van der Waals surface area (Å²) >= 11 is 0. The molecule has 1 aliphatic rings. The first kappa shape index (κ1) is 14.3. The van der Waals surface area contributed by atoms with Crippen molar-refractivity contribution in [2.75, 3.05) is 26.2 Å². The third kappa shape index (κ3) is 2.75. The number of sulfonamides is 1. The van der Waals surface area contributed by atoms with Crippen LogP contribution in [0.25, 0.3) is 0 Å². The van der Waals surface area contributed by atoms with Crippen LogP contribution in [-0.4, -0.2) is 38.9 Å². The van der Waals surface area contributed by atoms with Crippen molar-refractivity contribution >= 4 is 10.0 Å². The van der Waals surface area contributed by atoms with Crippen molar-refractivity contribution in [3.63, 3.8) is 0 Å². The van der Waals surface area contributed by atoms with Crippen LogP contribution in [0.3, 0.4) is 0 Å². The maximum atomic E-state index is 13.6. The van der Waals surface area contributed by atoms with Crippen LogP contribution in [0.5, 0.6) is 0 Å². The molecule has 1 aliphatic heterocycles. The SMILES string of the molecule is O=S(=O)(c1ccc(F)c(F)c1F)N1CCCNCC1. The smallest absolute Gasteiger partial charge is 0.246 e. The van der Waals surface area contributed by atoms with Gasteiger partial charge in [0.15, 0.2) is 17.5 Å². The summed E-state index contributed by atoms with van der Waals surface area (Å²) < 4.78 is 65.0. The molecule has 1 N–H and O–H groups in total. The molecular weight excluding hydrogens is 281 g/mol. The lowest BCUT2D eigenvalue weighted by Gasteiger charge is -2.20. The van der Waals surface area contributed by atoms with Gasteiger partial charge in [0.2, 0.25) is 10.0 Å². The first-order chi connectivity index (χ1) is 8.94. The Morgan fingerprint density at radius 2 is 1.79 bits per heavy atom. The van der Waals surface area contributed by atoms with Crippen molar-refractivity contribution < 1.29 is 21.6 Å². The number of halogens is 3. The number of nitrogens with zero attached hydrogens (tertiary/aromatic N) is 1. The number of hydrogen-bond donors (Lipinski definition) is 1. The maximum Gasteiger partial charge on any atom is 0.246 e. The summed E-state index contributed by atoms with van der Waals surface area (Å²) in [5, 5.41) is 3.00. The molecule has 1 fully saturated rings. The van der Waals surface area contributed by atoms with E-state index in [0.717, 1.165) is 10.4 Å². The molecular formula is C11H13F3N2O2S. The molecule has 0 aliphatic carbocycles. The molecule has 0 saturated carbocycles. The molecule has 0 radical (unpaired) electrons. The van der Waals surface area contributed by atoms with Crippen molar-refractivity contribution in [2.45, 2.75) is 11.3 Å². The highest BCUT2D eigenvalue weighted by Gasteiger charge is 2.30. The molecule has 1 heterocycles. The van der Waals surface area contributed by atoms with Crippen molar-refractivity contribution in [2.24, 2.45) is 0 Å². The van der Waals surface area contributed by atoms with Gasteiger partial charge in [-0.25, -0.2) is 21.6 Å². The molecule has 106 valence electrons. The minimum Gasteiger partial charge on any atom is -0.315 e. The van der Waals surface area contributed by atoms with Gasteiger partial charge in [-0.05, 0) is 25.1 Å². The summed E-state index contributed by atoms with van der Waals surface area (Å²) in [6.07, 6.45) is 0.574. The van der Waals surface area contributed by atoms with E-state index in [0.29, 0.717) is 25.6 Å². The van der Waals surface area contributed by atoms with Crippen LogP contribution < -0.4 is 5.32 Å². The second kappa shape index (κ2) is 5.48. The summed E-state index contributed by atoms with van der Waals surface area (Å²) in [5.41, 5.74) is 0. The summed E-state index contributed by atoms with van der Waals surface area (Å²) in [6.45, 7) is 1.48. The first-order valence-corrected chi connectivity index (χ1v) is 7.23. The molecule has 0 atom stereocenters. The molecule has 0 amide bonds. The van der Waals surface area contributed by atoms with E-state index >= 15 is 0 Å². The Bertz CT molecular complexity index is 570. The van der Waals surface area contributed by atoms with Gasteiger partial charge < -0.3 is 5.32 Å². The third-order valence-corrected chi connectivity index (χ3v) is 4.83. The molecule has 1 saturated heterocycles. The number of nitrogens with one attached hydrogen (secondary N) is 1. The molecule has 0 aromatic heterocycles. The lowest BCUT2D eigenvalue weighted by Crippen LogP contribution is -2.34. The Morgan fingerprint density at radius 1 is 1.05 bits per heavy atom. The van der Waals surface area contributed by atoms with Crippen molar-refractivity contribution in [3.8, 4) is 0 Å². The van der Waals surface area contributed by atoms with Gasteiger partial charge in [0.25, 0.3) is 0 Å². The molecule has 4 nitrogen and oxygen atoms in total. The summed E-state index contributed by atoms with van der Waals surface area (Å²) in [5.74, 6) is -4.85. The van der Waals surface area contributed by atoms with Crippen molar-refractivity contribution in [3.05, 3.63) is 29.6 Å². The summed E-state index contributed by atoms with van der Waals surface area (Å²) in [4.78, 5) is -0.826. The molecule has 0 spiro atoms. The minimum absolute atomic E-state index is 0.167. The van der Waals surface area contributed by atoms with E-state index in [-0.39, 0.29) is 13.1 Å². The van der Waals surface area contributed by atoms with Crippen molar-refractivity contribution in [1.29, 1.82) is 0 Å². The lowest BCUT2D eigenvalue weighted by molar-refractivity contribution is 0.410. The predicted molar refractivity (Wildman–Crippen MR) is 62.6 cm³/mol. The lowest BCUT2D eigenvalue weighted by atomic mass is 10.3. The fourth-order valence-corrected chi connectivity index (χ4v) is 3.44. The molecule has 0 unspecified atom stereocenters. The van der Waals surface area contributed by atoms with E-state index in [1.54, 1.807) is 0 Å². The molecule has 19 heavy (non-hydrogen) atoms. The van der Waals surface area contributed by atoms with Crippen molar-refractivity contribution in [1.82, 2.24) is 9.62 Å². The van der Waals surface area contributed by atoms with Crippen LogP contribution in [0.4, 0.5) is 13.2 Å². The van der Waals surface area contributed by atoms with Gasteiger partial charge in [-0.15, -0.1) is 0 Å². The zero-order chi connectivity index (χ0) is 14.0. The number of benzene rings is 1. The Hall–Kier alpha value is -1.12. The van der Waals surface area contributed by atoms with Crippen LogP contribution in [-0.2, 0) is 10.0 Å². The van der Waals surface area contributed by atoms with Crippen LogP contribution in [0, 0.1) is 17.5 Å². The van der Waals surface area contributed by atoms with Crippen LogP contribution in [0.1, 0.15) is 6.42 Å². The highest BCUT2D eigenvalue weighted by Crippen LogP contribution is 2.23. The normalized spacial score (nSPS) is 18.3. The molecule has 1 aromatic rings. The van der Waals surface area contributed by atoms with Crippen LogP contribution >= 0.6 is 0 Å². The predicted octanol–water partition coefficient (Wildman–Crippen LogP) is 1.09. The molecule has 0 bridgehead atoms. The largest absolute Gasteiger partial charge is 0.315 e. The highest BCUT2D eigenvalue weighted by molar-refractivity contribution is 7.89. The zero-order valence-electron chi connectivity index (χ0n) is 10.00. The summed E-state index contributed by atoms with van der Waals surface area (Å²) in [6, 6.07) is 1.36. The van der Waals surface area contributed by atoms with Gasteiger partial charge in [-0.1, -0.05) is 0 Å². The van der Waals surface area contributed by atoms with E-state index in [9.17, 15) is 21.6 Å². The van der Waals surface area contributed by atoms with Gasteiger partial charge in [-0.2, -0.15) is 4.31 Å². The number of hydrogen-bond acceptors (Lipinski definition) is 3. The average Bonchev–Trinajstić information content (AvgIpc) is 2.65. The monoisotopic (exact) mass is 294 g/mol. The standard InChI is InChI=1S/C11H13F3N2O2S/c12-8-2-3-9(11(14)10(8)13)19(17,18)16-6-1-4-15-5-7-16/h2-3,15H,1,4-7H2. The van der Waals surface area contributed by atoms with Gasteiger partial charge >= 0.3 is 0 Å². The van der Waals surface area contributed by atoms with E-state index < -0.39 is 32.4 Å². The summed E-state index contributed by atoms with van der Waals surface area (Å²) in [7, 11) is -4.14. The Balaban J connectivity index is 2.41. The minimum atomic E-state index is -4.14. The molecule has 1 aromatic carbocycles. The molecule has 8 heteroatoms. The number of rotatable bonds is 2. The average molecular weight is 294 g/mol. The Kier molecular flexibility index (Phi) is 4.12. The zero-order valence-corrected chi connectivity index (χ0v) is 10.8. The quantitative estimate of drug-likeness (QED) is 0.831. The maximum absolute atomic E-state index is 13.6. The fraction of sp³-hybridized carbons (Fsp3) is 0.455. The van der Waals surface area contributed by atoms with E-state index in [4.69, 9.17) is 0 Å². The van der Waals surface area contributed by atoms with Crippen LogP contribution in [0.2, 0.25) is 0 Å². The fourth-order valence-electron chi connectivity index (χ4n) is 1.91. The van der Waals surface area contributed by atoms with E-state index in [1.165, 1.54) is 0 Å². The molecule has 2 rings (SSSR count). The van der Waals surface area contributed by atoms with Gasteiger partial charge in [0, 0.05) is 19.6 Å². The second-order valence-electron chi connectivity index (χ2n) is 4.18. The Labute approximate surface area is 109 Å². The van der Waals surface area contributed by atoms with Gasteiger partial charge in [-0.3, -0.25) is 0 Å².